The molecule has 88 valence electrons. The Balaban J connectivity index is 2.24. The standard InChI is InChI=1S/C11H17N3O2/c1-15-10-9(7-13-11(14-10)16-2)8-4-3-5-12-6-8/h7-8,12H,3-6H2,1-2H3. The van der Waals surface area contributed by atoms with E-state index in [-0.39, 0.29) is 0 Å². The molecule has 16 heavy (non-hydrogen) atoms. The van der Waals surface area contributed by atoms with Crippen molar-refractivity contribution in [2.45, 2.75) is 18.8 Å². The summed E-state index contributed by atoms with van der Waals surface area (Å²) in [5.74, 6) is 1.06. The molecule has 1 aromatic heterocycles. The number of piperidine rings is 1. The molecule has 0 aliphatic carbocycles. The Bertz CT molecular complexity index is 351. The fourth-order valence-corrected chi connectivity index (χ4v) is 2.02. The Hall–Kier alpha value is -1.36. The molecule has 1 fully saturated rings. The lowest BCUT2D eigenvalue weighted by Gasteiger charge is -2.23. The predicted molar refractivity (Wildman–Crippen MR) is 60.0 cm³/mol. The first kappa shape index (κ1) is 11.1. The smallest absolute Gasteiger partial charge is 0.319 e. The van der Waals surface area contributed by atoms with E-state index in [0.717, 1.165) is 25.1 Å². The number of nitrogens with zero attached hydrogens (tertiary/aromatic N) is 2. The summed E-state index contributed by atoms with van der Waals surface area (Å²) in [7, 11) is 3.18. The molecule has 1 N–H and O–H groups in total. The van der Waals surface area contributed by atoms with Crippen molar-refractivity contribution in [3.05, 3.63) is 11.8 Å². The molecule has 5 heteroatoms. The maximum atomic E-state index is 5.28. The Kier molecular flexibility index (Phi) is 3.56. The largest absolute Gasteiger partial charge is 0.481 e. The van der Waals surface area contributed by atoms with Gasteiger partial charge in [0.05, 0.1) is 14.2 Å². The second-order valence-corrected chi connectivity index (χ2v) is 3.86. The molecular formula is C11H17N3O2. The Labute approximate surface area is 95.2 Å². The lowest BCUT2D eigenvalue weighted by Crippen LogP contribution is -2.28. The van der Waals surface area contributed by atoms with Crippen molar-refractivity contribution >= 4 is 0 Å². The van der Waals surface area contributed by atoms with Crippen LogP contribution < -0.4 is 14.8 Å². The first-order valence-corrected chi connectivity index (χ1v) is 5.50. The highest BCUT2D eigenvalue weighted by Crippen LogP contribution is 2.29. The molecule has 1 atom stereocenters. The molecule has 0 aromatic carbocycles. The summed E-state index contributed by atoms with van der Waals surface area (Å²) in [6, 6.07) is 0.351. The van der Waals surface area contributed by atoms with Crippen LogP contribution in [0.2, 0.25) is 0 Å². The molecule has 1 aliphatic rings. The molecule has 0 spiro atoms. The van der Waals surface area contributed by atoms with Crippen LogP contribution in [-0.4, -0.2) is 37.3 Å². The quantitative estimate of drug-likeness (QED) is 0.827. The summed E-state index contributed by atoms with van der Waals surface area (Å²) in [6.45, 7) is 2.06. The Morgan fingerprint density at radius 2 is 2.25 bits per heavy atom. The maximum Gasteiger partial charge on any atom is 0.319 e. The van der Waals surface area contributed by atoms with Gasteiger partial charge in [0.2, 0.25) is 5.88 Å². The zero-order valence-corrected chi connectivity index (χ0v) is 9.69. The van der Waals surface area contributed by atoms with E-state index in [1.165, 1.54) is 6.42 Å². The predicted octanol–water partition coefficient (Wildman–Crippen LogP) is 0.961. The molecule has 0 amide bonds. The van der Waals surface area contributed by atoms with Crippen LogP contribution >= 0.6 is 0 Å². The normalized spacial score (nSPS) is 20.5. The minimum Gasteiger partial charge on any atom is -0.481 e. The SMILES string of the molecule is COc1ncc(C2CCCNC2)c(OC)n1. The summed E-state index contributed by atoms with van der Waals surface area (Å²) in [5.41, 5.74) is 1.07. The summed E-state index contributed by atoms with van der Waals surface area (Å²) in [6.07, 6.45) is 4.14. The summed E-state index contributed by atoms with van der Waals surface area (Å²) < 4.78 is 10.3. The van der Waals surface area contributed by atoms with Crippen molar-refractivity contribution in [1.29, 1.82) is 0 Å². The lowest BCUT2D eigenvalue weighted by molar-refractivity contribution is 0.341. The monoisotopic (exact) mass is 223 g/mol. The Morgan fingerprint density at radius 1 is 1.38 bits per heavy atom. The van der Waals surface area contributed by atoms with Gasteiger partial charge in [0, 0.05) is 24.2 Å². The number of rotatable bonds is 3. The van der Waals surface area contributed by atoms with Crippen LogP contribution in [0.1, 0.15) is 24.3 Å². The Morgan fingerprint density at radius 3 is 2.88 bits per heavy atom. The van der Waals surface area contributed by atoms with Gasteiger partial charge in [-0.25, -0.2) is 4.98 Å². The van der Waals surface area contributed by atoms with Crippen molar-refractivity contribution in [1.82, 2.24) is 15.3 Å². The maximum absolute atomic E-state index is 5.28. The summed E-state index contributed by atoms with van der Waals surface area (Å²) in [5, 5.41) is 3.37. The third kappa shape index (κ3) is 2.24. The van der Waals surface area contributed by atoms with Gasteiger partial charge < -0.3 is 14.8 Å². The number of nitrogens with one attached hydrogen (secondary N) is 1. The van der Waals surface area contributed by atoms with E-state index in [9.17, 15) is 0 Å². The van der Waals surface area contributed by atoms with E-state index in [1.807, 2.05) is 6.20 Å². The van der Waals surface area contributed by atoms with Crippen LogP contribution in [0.15, 0.2) is 6.20 Å². The number of hydrogen-bond acceptors (Lipinski definition) is 5. The van der Waals surface area contributed by atoms with Gasteiger partial charge in [0.1, 0.15) is 0 Å². The van der Waals surface area contributed by atoms with E-state index in [0.29, 0.717) is 17.8 Å². The fraction of sp³-hybridized carbons (Fsp3) is 0.636. The number of methoxy groups -OCH3 is 2. The molecule has 5 nitrogen and oxygen atoms in total. The first-order valence-electron chi connectivity index (χ1n) is 5.50. The zero-order chi connectivity index (χ0) is 11.4. The lowest BCUT2D eigenvalue weighted by atomic mass is 9.93. The van der Waals surface area contributed by atoms with Gasteiger partial charge in [-0.2, -0.15) is 4.98 Å². The second-order valence-electron chi connectivity index (χ2n) is 3.86. The van der Waals surface area contributed by atoms with E-state index in [1.54, 1.807) is 14.2 Å². The highest BCUT2D eigenvalue weighted by molar-refractivity contribution is 5.29. The summed E-state index contributed by atoms with van der Waals surface area (Å²) in [4.78, 5) is 8.34. The van der Waals surface area contributed by atoms with Crippen LogP contribution in [0, 0.1) is 0 Å². The average Bonchev–Trinajstić information content (AvgIpc) is 2.39. The van der Waals surface area contributed by atoms with Crippen molar-refractivity contribution in [3.8, 4) is 11.9 Å². The van der Waals surface area contributed by atoms with Crippen LogP contribution in [0.25, 0.3) is 0 Å². The molecule has 1 aromatic rings. The second kappa shape index (κ2) is 5.12. The van der Waals surface area contributed by atoms with Crippen LogP contribution in [0.3, 0.4) is 0 Å². The van der Waals surface area contributed by atoms with E-state index >= 15 is 0 Å². The summed E-state index contributed by atoms with van der Waals surface area (Å²) >= 11 is 0. The van der Waals surface area contributed by atoms with E-state index < -0.39 is 0 Å². The molecule has 1 unspecified atom stereocenters. The van der Waals surface area contributed by atoms with Crippen molar-refractivity contribution in [2.24, 2.45) is 0 Å². The topological polar surface area (TPSA) is 56.3 Å². The molecular weight excluding hydrogens is 206 g/mol. The number of ether oxygens (including phenoxy) is 2. The fourth-order valence-electron chi connectivity index (χ4n) is 2.02. The molecule has 2 rings (SSSR count). The van der Waals surface area contributed by atoms with Gasteiger partial charge in [-0.05, 0) is 19.4 Å². The van der Waals surface area contributed by atoms with Gasteiger partial charge in [-0.3, -0.25) is 0 Å². The third-order valence-corrected chi connectivity index (χ3v) is 2.87. The van der Waals surface area contributed by atoms with Gasteiger partial charge >= 0.3 is 6.01 Å². The number of hydrogen-bond donors (Lipinski definition) is 1. The van der Waals surface area contributed by atoms with Crippen molar-refractivity contribution in [2.75, 3.05) is 27.3 Å². The van der Waals surface area contributed by atoms with Crippen molar-refractivity contribution < 1.29 is 9.47 Å². The van der Waals surface area contributed by atoms with Gasteiger partial charge in [-0.1, -0.05) is 0 Å². The van der Waals surface area contributed by atoms with E-state index in [2.05, 4.69) is 15.3 Å². The van der Waals surface area contributed by atoms with E-state index in [4.69, 9.17) is 9.47 Å². The van der Waals surface area contributed by atoms with Gasteiger partial charge in [-0.15, -0.1) is 0 Å². The minimum atomic E-state index is 0.351. The van der Waals surface area contributed by atoms with Gasteiger partial charge in [0.15, 0.2) is 0 Å². The molecule has 1 saturated heterocycles. The minimum absolute atomic E-state index is 0.351. The highest BCUT2D eigenvalue weighted by atomic mass is 16.5. The van der Waals surface area contributed by atoms with Crippen LogP contribution in [-0.2, 0) is 0 Å². The van der Waals surface area contributed by atoms with Gasteiger partial charge in [0.25, 0.3) is 0 Å². The molecule has 0 saturated carbocycles. The molecule has 0 radical (unpaired) electrons. The zero-order valence-electron chi connectivity index (χ0n) is 9.69. The van der Waals surface area contributed by atoms with Crippen molar-refractivity contribution in [3.63, 3.8) is 0 Å². The molecule has 1 aliphatic heterocycles. The van der Waals surface area contributed by atoms with Crippen LogP contribution in [0.4, 0.5) is 0 Å². The first-order chi connectivity index (χ1) is 7.85. The molecule has 2 heterocycles. The highest BCUT2D eigenvalue weighted by Gasteiger charge is 2.20. The number of aromatic nitrogens is 2. The molecule has 0 bridgehead atoms. The third-order valence-electron chi connectivity index (χ3n) is 2.87. The van der Waals surface area contributed by atoms with Crippen LogP contribution in [0.5, 0.6) is 11.9 Å². The average molecular weight is 223 g/mol.